The van der Waals surface area contributed by atoms with Gasteiger partial charge in [-0.3, -0.25) is 4.99 Å². The molecule has 4 rings (SSSR count). The number of ether oxygens (including phenoxy) is 2. The number of hydrogen-bond donors (Lipinski definition) is 1. The van der Waals surface area contributed by atoms with Crippen LogP contribution in [0.1, 0.15) is 25.2 Å². The highest BCUT2D eigenvalue weighted by atomic mass is 16.5. The summed E-state index contributed by atoms with van der Waals surface area (Å²) < 4.78 is 11.0. The summed E-state index contributed by atoms with van der Waals surface area (Å²) in [6.07, 6.45) is 1.64. The van der Waals surface area contributed by atoms with E-state index in [1.807, 2.05) is 17.0 Å². The monoisotopic (exact) mass is 421 g/mol. The van der Waals surface area contributed by atoms with Gasteiger partial charge in [0.05, 0.1) is 31.6 Å². The van der Waals surface area contributed by atoms with Crippen LogP contribution in [-0.2, 0) is 11.3 Å². The standard InChI is InChI=1S/C23H27N5O3/c1-23(2,29)16-31-22-26-20(25-21(27-22)28-9-11-30-12-10-28)15-24-14-17-7-8-18-5-3-4-6-19(18)13-17/h3-8,13,15,29H,9-12,14,16H2,1-2H3. The average molecular weight is 422 g/mol. The normalized spacial score (nSPS) is 15.0. The minimum absolute atomic E-state index is 0.0766. The first kappa shape index (κ1) is 21.1. The van der Waals surface area contributed by atoms with Crippen molar-refractivity contribution in [3.8, 4) is 6.01 Å². The quantitative estimate of drug-likeness (QED) is 0.586. The fourth-order valence-corrected chi connectivity index (χ4v) is 3.20. The van der Waals surface area contributed by atoms with E-state index in [9.17, 15) is 5.11 Å². The molecule has 1 aliphatic rings. The van der Waals surface area contributed by atoms with Gasteiger partial charge in [0.2, 0.25) is 5.95 Å². The second-order valence-electron chi connectivity index (χ2n) is 8.13. The molecule has 0 radical (unpaired) electrons. The Kier molecular flexibility index (Phi) is 6.39. The van der Waals surface area contributed by atoms with Gasteiger partial charge in [0.1, 0.15) is 6.61 Å². The zero-order valence-electron chi connectivity index (χ0n) is 17.9. The molecule has 0 amide bonds. The van der Waals surface area contributed by atoms with Gasteiger partial charge in [-0.15, -0.1) is 0 Å². The zero-order chi connectivity index (χ0) is 21.7. The van der Waals surface area contributed by atoms with Crippen LogP contribution in [0.4, 0.5) is 5.95 Å². The Morgan fingerprint density at radius 3 is 2.65 bits per heavy atom. The molecule has 0 atom stereocenters. The van der Waals surface area contributed by atoms with Crippen LogP contribution in [0.3, 0.4) is 0 Å². The van der Waals surface area contributed by atoms with Gasteiger partial charge >= 0.3 is 6.01 Å². The lowest BCUT2D eigenvalue weighted by Gasteiger charge is -2.27. The molecule has 0 unspecified atom stereocenters. The molecule has 1 aliphatic heterocycles. The van der Waals surface area contributed by atoms with Crippen molar-refractivity contribution in [1.82, 2.24) is 15.0 Å². The largest absolute Gasteiger partial charge is 0.460 e. The third-order valence-corrected chi connectivity index (χ3v) is 4.76. The van der Waals surface area contributed by atoms with E-state index in [1.165, 1.54) is 10.8 Å². The maximum absolute atomic E-state index is 9.96. The van der Waals surface area contributed by atoms with Gasteiger partial charge in [-0.1, -0.05) is 36.4 Å². The van der Waals surface area contributed by atoms with Crippen molar-refractivity contribution in [2.45, 2.75) is 26.0 Å². The molecular weight excluding hydrogens is 394 g/mol. The second-order valence-corrected chi connectivity index (χ2v) is 8.13. The summed E-state index contributed by atoms with van der Waals surface area (Å²) in [5, 5.41) is 12.4. The Hall–Kier alpha value is -3.10. The fourth-order valence-electron chi connectivity index (χ4n) is 3.20. The van der Waals surface area contributed by atoms with Crippen molar-refractivity contribution in [3.05, 3.63) is 53.9 Å². The number of fused-ring (bicyclic) bond motifs is 1. The SMILES string of the molecule is CC(C)(O)COc1nc(C=NCc2ccc3ccccc3c2)nc(N2CCOCC2)n1. The van der Waals surface area contributed by atoms with Crippen LogP contribution in [0, 0.1) is 0 Å². The zero-order valence-corrected chi connectivity index (χ0v) is 17.9. The minimum Gasteiger partial charge on any atom is -0.460 e. The Balaban J connectivity index is 1.53. The highest BCUT2D eigenvalue weighted by Gasteiger charge is 2.19. The second kappa shape index (κ2) is 9.36. The third-order valence-electron chi connectivity index (χ3n) is 4.76. The lowest BCUT2D eigenvalue weighted by Crippen LogP contribution is -2.37. The molecule has 1 aromatic heterocycles. The minimum atomic E-state index is -0.990. The van der Waals surface area contributed by atoms with E-state index in [-0.39, 0.29) is 12.6 Å². The van der Waals surface area contributed by atoms with Crippen molar-refractivity contribution < 1.29 is 14.6 Å². The van der Waals surface area contributed by atoms with Gasteiger partial charge in [0, 0.05) is 13.1 Å². The first-order valence-electron chi connectivity index (χ1n) is 10.4. The molecule has 8 nitrogen and oxygen atoms in total. The first-order valence-corrected chi connectivity index (χ1v) is 10.4. The van der Waals surface area contributed by atoms with E-state index < -0.39 is 5.60 Å². The number of nitrogens with zero attached hydrogens (tertiary/aromatic N) is 5. The molecule has 1 fully saturated rings. The number of aromatic nitrogens is 3. The van der Waals surface area contributed by atoms with Crippen LogP contribution in [0.2, 0.25) is 0 Å². The molecule has 0 spiro atoms. The van der Waals surface area contributed by atoms with Crippen LogP contribution in [-0.4, -0.2) is 64.8 Å². The first-order chi connectivity index (χ1) is 15.0. The lowest BCUT2D eigenvalue weighted by atomic mass is 10.1. The van der Waals surface area contributed by atoms with Crippen LogP contribution in [0.5, 0.6) is 6.01 Å². The molecule has 1 N–H and O–H groups in total. The highest BCUT2D eigenvalue weighted by molar-refractivity contribution is 5.83. The summed E-state index contributed by atoms with van der Waals surface area (Å²) in [4.78, 5) is 19.9. The summed E-state index contributed by atoms with van der Waals surface area (Å²) in [6, 6.07) is 14.7. The summed E-state index contributed by atoms with van der Waals surface area (Å²) in [6.45, 7) is 6.57. The van der Waals surface area contributed by atoms with Crippen molar-refractivity contribution >= 4 is 22.9 Å². The van der Waals surface area contributed by atoms with E-state index >= 15 is 0 Å². The summed E-state index contributed by atoms with van der Waals surface area (Å²) >= 11 is 0. The fraction of sp³-hybridized carbons (Fsp3) is 0.391. The predicted molar refractivity (Wildman–Crippen MR) is 120 cm³/mol. The number of aliphatic hydroxyl groups is 1. The summed E-state index contributed by atoms with van der Waals surface area (Å²) in [5.41, 5.74) is 0.117. The predicted octanol–water partition coefficient (Wildman–Crippen LogP) is 2.63. The Labute approximate surface area is 181 Å². The Bertz CT molecular complexity index is 1060. The molecule has 0 saturated carbocycles. The van der Waals surface area contributed by atoms with E-state index in [1.54, 1.807) is 20.1 Å². The molecule has 0 aliphatic carbocycles. The number of rotatable bonds is 7. The maximum atomic E-state index is 9.96. The third kappa shape index (κ3) is 5.96. The van der Waals surface area contributed by atoms with Gasteiger partial charge in [-0.05, 0) is 36.2 Å². The van der Waals surface area contributed by atoms with Gasteiger partial charge in [0.15, 0.2) is 5.82 Å². The smallest absolute Gasteiger partial charge is 0.321 e. The maximum Gasteiger partial charge on any atom is 0.321 e. The van der Waals surface area contributed by atoms with Crippen LogP contribution < -0.4 is 9.64 Å². The number of anilines is 1. The average Bonchev–Trinajstić information content (AvgIpc) is 2.78. The molecule has 1 saturated heterocycles. The molecule has 162 valence electrons. The Morgan fingerprint density at radius 2 is 1.87 bits per heavy atom. The Morgan fingerprint density at radius 1 is 1.10 bits per heavy atom. The number of aliphatic imine (C=N–C) groups is 1. The number of morpholine rings is 1. The molecule has 31 heavy (non-hydrogen) atoms. The van der Waals surface area contributed by atoms with E-state index in [0.717, 1.165) is 5.56 Å². The molecular formula is C23H27N5O3. The lowest BCUT2D eigenvalue weighted by molar-refractivity contribution is 0.0249. The summed E-state index contributed by atoms with van der Waals surface area (Å²) in [5.74, 6) is 0.944. The van der Waals surface area contributed by atoms with Gasteiger partial charge in [-0.25, -0.2) is 0 Å². The van der Waals surface area contributed by atoms with Gasteiger partial charge in [0.25, 0.3) is 0 Å². The van der Waals surface area contributed by atoms with Gasteiger partial charge < -0.3 is 19.5 Å². The van der Waals surface area contributed by atoms with Crippen molar-refractivity contribution in [1.29, 1.82) is 0 Å². The van der Waals surface area contributed by atoms with Crippen molar-refractivity contribution in [2.24, 2.45) is 4.99 Å². The van der Waals surface area contributed by atoms with Crippen molar-refractivity contribution in [3.63, 3.8) is 0 Å². The summed E-state index contributed by atoms with van der Waals surface area (Å²) in [7, 11) is 0. The van der Waals surface area contributed by atoms with E-state index in [4.69, 9.17) is 9.47 Å². The molecule has 8 heteroatoms. The van der Waals surface area contributed by atoms with E-state index in [0.29, 0.717) is 44.6 Å². The molecule has 0 bridgehead atoms. The number of benzene rings is 2. The number of hydrogen-bond acceptors (Lipinski definition) is 8. The van der Waals surface area contributed by atoms with Crippen molar-refractivity contribution in [2.75, 3.05) is 37.8 Å². The van der Waals surface area contributed by atoms with E-state index in [2.05, 4.69) is 50.3 Å². The molecule has 3 aromatic rings. The topological polar surface area (TPSA) is 93.0 Å². The van der Waals surface area contributed by atoms with Gasteiger partial charge in [-0.2, -0.15) is 15.0 Å². The molecule has 2 aromatic carbocycles. The van der Waals surface area contributed by atoms with Crippen LogP contribution in [0.25, 0.3) is 10.8 Å². The highest BCUT2D eigenvalue weighted by Crippen LogP contribution is 2.17. The van der Waals surface area contributed by atoms with Crippen LogP contribution in [0.15, 0.2) is 47.5 Å². The molecule has 2 heterocycles. The van der Waals surface area contributed by atoms with Crippen LogP contribution >= 0.6 is 0 Å².